The molecule has 1 aromatic carbocycles. The first-order valence-corrected chi connectivity index (χ1v) is 10.8. The van der Waals surface area contributed by atoms with E-state index >= 15 is 0 Å². The Labute approximate surface area is 191 Å². The van der Waals surface area contributed by atoms with Gasteiger partial charge in [-0.15, -0.1) is 0 Å². The number of benzene rings is 1. The van der Waals surface area contributed by atoms with Crippen LogP contribution in [-0.2, 0) is 6.42 Å². The number of hydrogen-bond donors (Lipinski definition) is 2. The van der Waals surface area contributed by atoms with Gasteiger partial charge >= 0.3 is 0 Å². The first-order valence-electron chi connectivity index (χ1n) is 10.8. The Kier molecular flexibility index (Phi) is 5.95. The molecule has 0 spiro atoms. The lowest BCUT2D eigenvalue weighted by Gasteiger charge is -2.16. The van der Waals surface area contributed by atoms with Crippen LogP contribution in [0.4, 0.5) is 5.82 Å². The molecule has 33 heavy (non-hydrogen) atoms. The zero-order chi connectivity index (χ0) is 22.5. The van der Waals surface area contributed by atoms with Gasteiger partial charge in [0.05, 0.1) is 5.69 Å². The number of rotatable bonds is 7. The van der Waals surface area contributed by atoms with Crippen molar-refractivity contribution in [3.05, 3.63) is 97.1 Å². The lowest BCUT2D eigenvalue weighted by molar-refractivity contribution is 0.698. The summed E-state index contributed by atoms with van der Waals surface area (Å²) in [6.07, 6.45) is 7.75. The van der Waals surface area contributed by atoms with Crippen LogP contribution in [0.2, 0.25) is 0 Å². The average Bonchev–Trinajstić information content (AvgIpc) is 2.88. The van der Waals surface area contributed by atoms with Crippen LogP contribution in [0.5, 0.6) is 0 Å². The van der Waals surface area contributed by atoms with Crippen LogP contribution in [0, 0.1) is 0 Å². The van der Waals surface area contributed by atoms with E-state index in [1.165, 1.54) is 5.56 Å². The third kappa shape index (κ3) is 4.68. The molecule has 0 aliphatic heterocycles. The number of nitrogens with two attached hydrogens (primary N) is 1. The van der Waals surface area contributed by atoms with Crippen LogP contribution in [0.3, 0.4) is 0 Å². The van der Waals surface area contributed by atoms with E-state index in [-0.39, 0.29) is 6.04 Å². The molecule has 162 valence electrons. The minimum absolute atomic E-state index is 0.0705. The largest absolute Gasteiger partial charge is 0.368 e. The van der Waals surface area contributed by atoms with Crippen molar-refractivity contribution in [1.82, 2.24) is 24.9 Å². The summed E-state index contributed by atoms with van der Waals surface area (Å²) in [6, 6.07) is 21.6. The number of pyridine rings is 3. The highest BCUT2D eigenvalue weighted by atomic mass is 15.0. The molecule has 1 atom stereocenters. The number of hydrogen-bond acceptors (Lipinski definition) is 7. The lowest BCUT2D eigenvalue weighted by atomic mass is 10.1. The maximum absolute atomic E-state index is 6.43. The van der Waals surface area contributed by atoms with E-state index in [9.17, 15) is 0 Å². The van der Waals surface area contributed by atoms with E-state index in [1.807, 2.05) is 54.6 Å². The van der Waals surface area contributed by atoms with E-state index in [1.54, 1.807) is 24.8 Å². The number of aromatic nitrogens is 5. The summed E-state index contributed by atoms with van der Waals surface area (Å²) in [6.45, 7) is 0.567. The molecule has 0 aliphatic rings. The molecule has 4 aromatic heterocycles. The SMILES string of the molecule is N[C@@H](CNc1nc(-c2ccncc2)nc2c(-c3ccccn3)nccc12)Cc1ccccc1. The monoisotopic (exact) mass is 433 g/mol. The average molecular weight is 434 g/mol. The molecule has 0 radical (unpaired) electrons. The van der Waals surface area contributed by atoms with Crippen LogP contribution in [0.15, 0.2) is 91.5 Å². The van der Waals surface area contributed by atoms with E-state index in [0.29, 0.717) is 18.1 Å². The topological polar surface area (TPSA) is 102 Å². The van der Waals surface area contributed by atoms with Gasteiger partial charge in [0.15, 0.2) is 5.82 Å². The van der Waals surface area contributed by atoms with Crippen molar-refractivity contribution >= 4 is 16.7 Å². The molecule has 7 nitrogen and oxygen atoms in total. The van der Waals surface area contributed by atoms with Gasteiger partial charge in [0.2, 0.25) is 0 Å². The molecule has 0 amide bonds. The fourth-order valence-electron chi connectivity index (χ4n) is 3.73. The van der Waals surface area contributed by atoms with Crippen LogP contribution in [0.25, 0.3) is 33.7 Å². The van der Waals surface area contributed by atoms with Crippen molar-refractivity contribution in [2.75, 3.05) is 11.9 Å². The van der Waals surface area contributed by atoms with Crippen molar-refractivity contribution in [2.24, 2.45) is 5.73 Å². The van der Waals surface area contributed by atoms with Gasteiger partial charge in [-0.1, -0.05) is 36.4 Å². The molecule has 4 heterocycles. The molecule has 0 saturated carbocycles. The molecule has 0 fully saturated rings. The number of nitrogens with zero attached hydrogens (tertiary/aromatic N) is 5. The Balaban J connectivity index is 1.54. The first kappa shape index (κ1) is 20.7. The Hall–Kier alpha value is -4.23. The molecule has 7 heteroatoms. The maximum atomic E-state index is 6.43. The summed E-state index contributed by atoms with van der Waals surface area (Å²) in [5.41, 5.74) is 10.7. The van der Waals surface area contributed by atoms with Gasteiger partial charge in [-0.3, -0.25) is 15.0 Å². The second-order valence-electron chi connectivity index (χ2n) is 7.73. The normalized spacial score (nSPS) is 11.9. The van der Waals surface area contributed by atoms with Crippen LogP contribution < -0.4 is 11.1 Å². The Morgan fingerprint density at radius 1 is 0.788 bits per heavy atom. The summed E-state index contributed by atoms with van der Waals surface area (Å²) in [4.78, 5) is 22.9. The van der Waals surface area contributed by atoms with E-state index in [2.05, 4.69) is 32.4 Å². The zero-order valence-corrected chi connectivity index (χ0v) is 18.0. The summed E-state index contributed by atoms with van der Waals surface area (Å²) < 4.78 is 0. The lowest BCUT2D eigenvalue weighted by Crippen LogP contribution is -2.31. The Morgan fingerprint density at radius 2 is 1.61 bits per heavy atom. The smallest absolute Gasteiger partial charge is 0.162 e. The second-order valence-corrected chi connectivity index (χ2v) is 7.73. The first-order chi connectivity index (χ1) is 16.3. The predicted molar refractivity (Wildman–Crippen MR) is 130 cm³/mol. The minimum atomic E-state index is -0.0705. The summed E-state index contributed by atoms with van der Waals surface area (Å²) >= 11 is 0. The van der Waals surface area contributed by atoms with Gasteiger partial charge in [-0.05, 0) is 42.3 Å². The highest BCUT2D eigenvalue weighted by Crippen LogP contribution is 2.30. The van der Waals surface area contributed by atoms with Crippen molar-refractivity contribution in [3.8, 4) is 22.8 Å². The van der Waals surface area contributed by atoms with Gasteiger partial charge < -0.3 is 11.1 Å². The molecule has 5 rings (SSSR count). The third-order valence-corrected chi connectivity index (χ3v) is 5.33. The molecular weight excluding hydrogens is 410 g/mol. The fraction of sp³-hybridized carbons (Fsp3) is 0.115. The van der Waals surface area contributed by atoms with E-state index < -0.39 is 0 Å². The molecule has 0 unspecified atom stereocenters. The Morgan fingerprint density at radius 3 is 2.39 bits per heavy atom. The van der Waals surface area contributed by atoms with Crippen LogP contribution in [0.1, 0.15) is 5.56 Å². The van der Waals surface area contributed by atoms with E-state index in [4.69, 9.17) is 15.7 Å². The number of nitrogens with one attached hydrogen (secondary N) is 1. The van der Waals surface area contributed by atoms with Gasteiger partial charge in [0.1, 0.15) is 17.0 Å². The predicted octanol–water partition coefficient (Wildman–Crippen LogP) is 4.13. The maximum Gasteiger partial charge on any atom is 0.162 e. The second kappa shape index (κ2) is 9.50. The molecule has 0 bridgehead atoms. The van der Waals surface area contributed by atoms with Gasteiger partial charge in [-0.2, -0.15) is 0 Å². The van der Waals surface area contributed by atoms with Crippen LogP contribution >= 0.6 is 0 Å². The molecule has 3 N–H and O–H groups in total. The fourth-order valence-corrected chi connectivity index (χ4v) is 3.73. The number of anilines is 1. The van der Waals surface area contributed by atoms with E-state index in [0.717, 1.165) is 34.4 Å². The van der Waals surface area contributed by atoms with Crippen LogP contribution in [-0.4, -0.2) is 37.5 Å². The van der Waals surface area contributed by atoms with Crippen molar-refractivity contribution in [2.45, 2.75) is 12.5 Å². The quantitative estimate of drug-likeness (QED) is 0.398. The summed E-state index contributed by atoms with van der Waals surface area (Å²) in [5, 5.41) is 4.33. The molecular formula is C26H23N7. The zero-order valence-electron chi connectivity index (χ0n) is 18.0. The standard InChI is InChI=1S/C26H23N7/c27-20(16-18-6-2-1-3-7-18)17-31-26-21-11-15-30-24(22-8-4-5-12-29-22)23(21)32-25(33-26)19-9-13-28-14-10-19/h1-15,20H,16-17,27H2,(H,31,32,33)/t20-/m1/s1. The van der Waals surface area contributed by atoms with Gasteiger partial charge in [0.25, 0.3) is 0 Å². The highest BCUT2D eigenvalue weighted by molar-refractivity contribution is 5.97. The highest BCUT2D eigenvalue weighted by Gasteiger charge is 2.16. The molecule has 0 aliphatic carbocycles. The van der Waals surface area contributed by atoms with Gasteiger partial charge in [-0.25, -0.2) is 9.97 Å². The van der Waals surface area contributed by atoms with Gasteiger partial charge in [0, 0.05) is 48.3 Å². The molecule has 5 aromatic rings. The summed E-state index contributed by atoms with van der Waals surface area (Å²) in [7, 11) is 0. The Bertz CT molecular complexity index is 1340. The van der Waals surface area contributed by atoms with Crippen molar-refractivity contribution in [1.29, 1.82) is 0 Å². The third-order valence-electron chi connectivity index (χ3n) is 5.33. The minimum Gasteiger partial charge on any atom is -0.368 e. The van der Waals surface area contributed by atoms with Crippen molar-refractivity contribution < 1.29 is 0 Å². The van der Waals surface area contributed by atoms with Crippen molar-refractivity contribution in [3.63, 3.8) is 0 Å². The molecule has 0 saturated heterocycles. The summed E-state index contributed by atoms with van der Waals surface area (Å²) in [5.74, 6) is 1.31. The number of fused-ring (bicyclic) bond motifs is 1.